The van der Waals surface area contributed by atoms with Gasteiger partial charge in [0.15, 0.2) is 0 Å². The van der Waals surface area contributed by atoms with E-state index in [1.165, 1.54) is 0 Å². The molecule has 14 heavy (non-hydrogen) atoms. The number of rotatable bonds is 5. The van der Waals surface area contributed by atoms with Crippen molar-refractivity contribution in [2.75, 3.05) is 25.1 Å². The molecule has 2 N–H and O–H groups in total. The first-order valence-corrected chi connectivity index (χ1v) is 4.38. The van der Waals surface area contributed by atoms with Crippen LogP contribution in [-0.2, 0) is 4.79 Å². The van der Waals surface area contributed by atoms with Gasteiger partial charge in [0.25, 0.3) is 0 Å². The van der Waals surface area contributed by atoms with E-state index in [2.05, 4.69) is 0 Å². The summed E-state index contributed by atoms with van der Waals surface area (Å²) in [5.41, 5.74) is 6.18. The summed E-state index contributed by atoms with van der Waals surface area (Å²) in [7, 11) is 1.59. The molecule has 1 amide bonds. The summed E-state index contributed by atoms with van der Waals surface area (Å²) in [5, 5.41) is 0. The lowest BCUT2D eigenvalue weighted by Gasteiger charge is -2.16. The number of carbonyl (C=O) groups is 1. The fraction of sp³-hybridized carbons (Fsp3) is 0.300. The molecule has 1 aromatic rings. The topological polar surface area (TPSA) is 55.6 Å². The number of anilines is 1. The second kappa shape index (κ2) is 5.24. The lowest BCUT2D eigenvalue weighted by molar-refractivity contribution is -0.107. The van der Waals surface area contributed by atoms with E-state index < -0.39 is 0 Å². The third kappa shape index (κ3) is 2.47. The van der Waals surface area contributed by atoms with Gasteiger partial charge in [0.2, 0.25) is 6.41 Å². The van der Waals surface area contributed by atoms with Crippen LogP contribution in [0.2, 0.25) is 0 Å². The molecule has 0 aliphatic carbocycles. The molecule has 4 heteroatoms. The van der Waals surface area contributed by atoms with E-state index in [4.69, 9.17) is 10.5 Å². The standard InChI is InChI=1S/C10H14N2O2/c1-14-10-4-2-3-9(7-10)12(8-13)6-5-11/h2-4,7-8H,5-6,11H2,1H3. The zero-order valence-corrected chi connectivity index (χ0v) is 8.14. The third-order valence-electron chi connectivity index (χ3n) is 1.88. The first-order valence-electron chi connectivity index (χ1n) is 4.38. The first-order chi connectivity index (χ1) is 6.81. The Bertz CT molecular complexity index is 302. The molecule has 76 valence electrons. The van der Waals surface area contributed by atoms with Crippen LogP contribution in [0.4, 0.5) is 5.69 Å². The predicted molar refractivity (Wildman–Crippen MR) is 55.5 cm³/mol. The van der Waals surface area contributed by atoms with Crippen molar-refractivity contribution in [3.05, 3.63) is 24.3 Å². The molecule has 0 aromatic heterocycles. The number of nitrogens with two attached hydrogens (primary N) is 1. The van der Waals surface area contributed by atoms with E-state index in [0.29, 0.717) is 13.1 Å². The number of hydrogen-bond donors (Lipinski definition) is 1. The van der Waals surface area contributed by atoms with Crippen LogP contribution in [0.25, 0.3) is 0 Å². The minimum absolute atomic E-state index is 0.440. The number of nitrogens with zero attached hydrogens (tertiary/aromatic N) is 1. The van der Waals surface area contributed by atoms with Crippen molar-refractivity contribution in [2.45, 2.75) is 0 Å². The summed E-state index contributed by atoms with van der Waals surface area (Å²) in [6.45, 7) is 0.951. The van der Waals surface area contributed by atoms with Gasteiger partial charge in [0, 0.05) is 24.8 Å². The fourth-order valence-corrected chi connectivity index (χ4v) is 1.17. The van der Waals surface area contributed by atoms with E-state index >= 15 is 0 Å². The number of carbonyl (C=O) groups excluding carboxylic acids is 1. The van der Waals surface area contributed by atoms with Crippen LogP contribution in [0, 0.1) is 0 Å². The molecule has 1 rings (SSSR count). The summed E-state index contributed by atoms with van der Waals surface area (Å²) in [6, 6.07) is 7.30. The van der Waals surface area contributed by atoms with E-state index in [-0.39, 0.29) is 0 Å². The third-order valence-corrected chi connectivity index (χ3v) is 1.88. The molecule has 0 aliphatic heterocycles. The van der Waals surface area contributed by atoms with Gasteiger partial charge in [-0.15, -0.1) is 0 Å². The van der Waals surface area contributed by atoms with Crippen molar-refractivity contribution >= 4 is 12.1 Å². The van der Waals surface area contributed by atoms with Gasteiger partial charge in [-0.1, -0.05) is 6.07 Å². The average molecular weight is 194 g/mol. The Hall–Kier alpha value is -1.55. The van der Waals surface area contributed by atoms with Crippen molar-refractivity contribution in [2.24, 2.45) is 5.73 Å². The van der Waals surface area contributed by atoms with Gasteiger partial charge in [0.1, 0.15) is 5.75 Å². The SMILES string of the molecule is COc1cccc(N(C=O)CCN)c1. The van der Waals surface area contributed by atoms with Crippen molar-refractivity contribution in [3.8, 4) is 5.75 Å². The van der Waals surface area contributed by atoms with Gasteiger partial charge in [-0.2, -0.15) is 0 Å². The maximum absolute atomic E-state index is 10.7. The number of amides is 1. The van der Waals surface area contributed by atoms with Crippen LogP contribution in [-0.4, -0.2) is 26.6 Å². The molecule has 0 saturated heterocycles. The fourth-order valence-electron chi connectivity index (χ4n) is 1.17. The Balaban J connectivity index is 2.86. The summed E-state index contributed by atoms with van der Waals surface area (Å²) in [5.74, 6) is 0.728. The van der Waals surface area contributed by atoms with Gasteiger partial charge in [-0.05, 0) is 12.1 Å². The van der Waals surface area contributed by atoms with Crippen molar-refractivity contribution in [1.82, 2.24) is 0 Å². The van der Waals surface area contributed by atoms with Crippen LogP contribution in [0.15, 0.2) is 24.3 Å². The largest absolute Gasteiger partial charge is 0.497 e. The Labute approximate surface area is 83.3 Å². The molecule has 1 aromatic carbocycles. The first kappa shape index (κ1) is 10.5. The van der Waals surface area contributed by atoms with E-state index in [9.17, 15) is 4.79 Å². The van der Waals surface area contributed by atoms with Crippen LogP contribution in [0.3, 0.4) is 0 Å². The minimum atomic E-state index is 0.440. The quantitative estimate of drug-likeness (QED) is 0.699. The van der Waals surface area contributed by atoms with Crippen molar-refractivity contribution < 1.29 is 9.53 Å². The van der Waals surface area contributed by atoms with Gasteiger partial charge < -0.3 is 15.4 Å². The zero-order chi connectivity index (χ0) is 10.4. The number of hydrogen-bond acceptors (Lipinski definition) is 3. The molecule has 0 bridgehead atoms. The van der Waals surface area contributed by atoms with E-state index in [1.54, 1.807) is 18.1 Å². The van der Waals surface area contributed by atoms with Crippen LogP contribution >= 0.6 is 0 Å². The number of methoxy groups -OCH3 is 1. The minimum Gasteiger partial charge on any atom is -0.497 e. The Morgan fingerprint density at radius 1 is 1.57 bits per heavy atom. The summed E-state index contributed by atoms with van der Waals surface area (Å²) >= 11 is 0. The molecule has 0 radical (unpaired) electrons. The summed E-state index contributed by atoms with van der Waals surface area (Å²) in [6.07, 6.45) is 0.766. The van der Waals surface area contributed by atoms with Crippen molar-refractivity contribution in [1.29, 1.82) is 0 Å². The summed E-state index contributed by atoms with van der Waals surface area (Å²) in [4.78, 5) is 12.3. The molecule has 0 fully saturated rings. The number of benzene rings is 1. The van der Waals surface area contributed by atoms with Gasteiger partial charge in [-0.3, -0.25) is 4.79 Å². The highest BCUT2D eigenvalue weighted by Crippen LogP contribution is 2.19. The molecule has 0 atom stereocenters. The average Bonchev–Trinajstić information content (AvgIpc) is 2.26. The Morgan fingerprint density at radius 3 is 2.93 bits per heavy atom. The number of ether oxygens (including phenoxy) is 1. The Morgan fingerprint density at radius 2 is 2.36 bits per heavy atom. The normalized spacial score (nSPS) is 9.57. The molecule has 0 aliphatic rings. The van der Waals surface area contributed by atoms with Gasteiger partial charge >= 0.3 is 0 Å². The summed E-state index contributed by atoms with van der Waals surface area (Å²) < 4.78 is 5.05. The highest BCUT2D eigenvalue weighted by Gasteiger charge is 2.04. The highest BCUT2D eigenvalue weighted by molar-refractivity contribution is 5.75. The molecule has 0 saturated carbocycles. The second-order valence-electron chi connectivity index (χ2n) is 2.79. The lowest BCUT2D eigenvalue weighted by Crippen LogP contribution is -2.27. The maximum atomic E-state index is 10.7. The van der Waals surface area contributed by atoms with Gasteiger partial charge in [-0.25, -0.2) is 0 Å². The Kier molecular flexibility index (Phi) is 3.94. The molecular formula is C10H14N2O2. The smallest absolute Gasteiger partial charge is 0.214 e. The van der Waals surface area contributed by atoms with Crippen LogP contribution in [0.5, 0.6) is 5.75 Å². The molecular weight excluding hydrogens is 180 g/mol. The lowest BCUT2D eigenvalue weighted by atomic mass is 10.3. The van der Waals surface area contributed by atoms with Crippen LogP contribution in [0.1, 0.15) is 0 Å². The maximum Gasteiger partial charge on any atom is 0.214 e. The molecule has 0 unspecified atom stereocenters. The second-order valence-corrected chi connectivity index (χ2v) is 2.79. The highest BCUT2D eigenvalue weighted by atomic mass is 16.5. The predicted octanol–water partition coefficient (Wildman–Crippen LogP) is 0.617. The van der Waals surface area contributed by atoms with Gasteiger partial charge in [0.05, 0.1) is 7.11 Å². The zero-order valence-electron chi connectivity index (χ0n) is 8.14. The molecule has 4 nitrogen and oxygen atoms in total. The van der Waals surface area contributed by atoms with Crippen LogP contribution < -0.4 is 15.4 Å². The molecule has 0 spiro atoms. The monoisotopic (exact) mass is 194 g/mol. The molecule has 0 heterocycles. The van der Waals surface area contributed by atoms with E-state index in [0.717, 1.165) is 17.8 Å². The van der Waals surface area contributed by atoms with E-state index in [1.807, 2.05) is 18.2 Å². The van der Waals surface area contributed by atoms with Crippen molar-refractivity contribution in [3.63, 3.8) is 0 Å².